The highest BCUT2D eigenvalue weighted by atomic mass is 16.5. The van der Waals surface area contributed by atoms with Crippen molar-refractivity contribution in [3.05, 3.63) is 29.6 Å². The fourth-order valence-corrected chi connectivity index (χ4v) is 5.80. The first kappa shape index (κ1) is 15.1. The zero-order valence-electron chi connectivity index (χ0n) is 13.4. The molecule has 5 nitrogen and oxygen atoms in total. The van der Waals surface area contributed by atoms with Crippen molar-refractivity contribution in [1.29, 1.82) is 0 Å². The molecule has 3 N–H and O–H groups in total. The van der Waals surface area contributed by atoms with Gasteiger partial charge in [-0.1, -0.05) is 0 Å². The summed E-state index contributed by atoms with van der Waals surface area (Å²) in [6, 6.07) is 3.41. The van der Waals surface area contributed by atoms with E-state index in [0.717, 1.165) is 24.3 Å². The van der Waals surface area contributed by atoms with Crippen molar-refractivity contribution in [2.24, 2.45) is 23.2 Å². The van der Waals surface area contributed by atoms with Crippen LogP contribution in [-0.2, 0) is 6.54 Å². The lowest BCUT2D eigenvalue weighted by Crippen LogP contribution is -2.50. The molecule has 1 aromatic rings. The molecular weight excluding hydrogens is 290 g/mol. The molecule has 0 radical (unpaired) electrons. The Labute approximate surface area is 136 Å². The van der Waals surface area contributed by atoms with Crippen LogP contribution in [-0.4, -0.2) is 22.6 Å². The SMILES string of the molecule is O=C(NO)c1cccnc1CNCC12CC3CC(CC(C3)C1)C2. The quantitative estimate of drug-likeness (QED) is 0.576. The Bertz CT molecular complexity index is 566. The third-order valence-electron chi connectivity index (χ3n) is 6.19. The highest BCUT2D eigenvalue weighted by molar-refractivity contribution is 5.94. The van der Waals surface area contributed by atoms with Crippen LogP contribution in [0.15, 0.2) is 18.3 Å². The Morgan fingerprint density at radius 2 is 1.87 bits per heavy atom. The van der Waals surface area contributed by atoms with Crippen molar-refractivity contribution < 1.29 is 10.0 Å². The summed E-state index contributed by atoms with van der Waals surface area (Å²) in [5.41, 5.74) is 3.31. The molecule has 4 aliphatic carbocycles. The van der Waals surface area contributed by atoms with Crippen LogP contribution < -0.4 is 10.8 Å². The molecule has 4 fully saturated rings. The van der Waals surface area contributed by atoms with Gasteiger partial charge >= 0.3 is 0 Å². The fourth-order valence-electron chi connectivity index (χ4n) is 5.80. The van der Waals surface area contributed by atoms with Gasteiger partial charge < -0.3 is 5.32 Å². The maximum Gasteiger partial charge on any atom is 0.276 e. The summed E-state index contributed by atoms with van der Waals surface area (Å²) in [4.78, 5) is 16.0. The van der Waals surface area contributed by atoms with E-state index in [-0.39, 0.29) is 0 Å². The van der Waals surface area contributed by atoms with Crippen LogP contribution in [0, 0.1) is 23.2 Å². The Morgan fingerprint density at radius 3 is 2.48 bits per heavy atom. The van der Waals surface area contributed by atoms with Crippen LogP contribution in [0.1, 0.15) is 54.6 Å². The standard InChI is InChI=1S/C18H25N3O2/c22-17(21-23)15-2-1-3-20-16(15)10-19-11-18-7-12-4-13(8-18)6-14(5-12)9-18/h1-3,12-14,19,23H,4-11H2,(H,21,22). The number of pyridine rings is 1. The minimum Gasteiger partial charge on any atom is -0.311 e. The average Bonchev–Trinajstić information content (AvgIpc) is 2.53. The van der Waals surface area contributed by atoms with Crippen LogP contribution in [0.3, 0.4) is 0 Å². The number of hydroxylamine groups is 1. The molecule has 1 heterocycles. The molecule has 4 aliphatic rings. The lowest BCUT2D eigenvalue weighted by atomic mass is 9.49. The van der Waals surface area contributed by atoms with Crippen molar-refractivity contribution in [1.82, 2.24) is 15.8 Å². The predicted octanol–water partition coefficient (Wildman–Crippen LogP) is 2.51. The smallest absolute Gasteiger partial charge is 0.276 e. The van der Waals surface area contributed by atoms with Crippen LogP contribution >= 0.6 is 0 Å². The summed E-state index contributed by atoms with van der Waals surface area (Å²) in [6.45, 7) is 1.60. The van der Waals surface area contributed by atoms with Crippen molar-refractivity contribution in [3.8, 4) is 0 Å². The van der Waals surface area contributed by atoms with Gasteiger partial charge in [0.1, 0.15) is 0 Å². The number of nitrogens with zero attached hydrogens (tertiary/aromatic N) is 1. The van der Waals surface area contributed by atoms with E-state index in [9.17, 15) is 4.79 Å². The largest absolute Gasteiger partial charge is 0.311 e. The maximum atomic E-state index is 11.7. The highest BCUT2D eigenvalue weighted by Gasteiger charge is 2.50. The van der Waals surface area contributed by atoms with Gasteiger partial charge in [0.05, 0.1) is 11.3 Å². The Balaban J connectivity index is 1.40. The van der Waals surface area contributed by atoms with Gasteiger partial charge in [0, 0.05) is 19.3 Å². The summed E-state index contributed by atoms with van der Waals surface area (Å²) < 4.78 is 0. The molecule has 1 aromatic heterocycles. The summed E-state index contributed by atoms with van der Waals surface area (Å²) in [7, 11) is 0. The van der Waals surface area contributed by atoms with Crippen molar-refractivity contribution in [2.45, 2.75) is 45.1 Å². The number of aromatic nitrogens is 1. The average molecular weight is 315 g/mol. The summed E-state index contributed by atoms with van der Waals surface area (Å²) in [6.07, 6.45) is 10.2. The second-order valence-corrected chi connectivity index (χ2v) is 7.96. The number of carbonyl (C=O) groups is 1. The van der Waals surface area contributed by atoms with E-state index in [2.05, 4.69) is 10.3 Å². The van der Waals surface area contributed by atoms with Gasteiger partial charge in [0.2, 0.25) is 0 Å². The molecule has 0 spiro atoms. The molecule has 23 heavy (non-hydrogen) atoms. The lowest BCUT2D eigenvalue weighted by Gasteiger charge is -2.57. The molecular formula is C18H25N3O2. The molecule has 0 aliphatic heterocycles. The molecule has 4 bridgehead atoms. The van der Waals surface area contributed by atoms with Gasteiger partial charge in [0.25, 0.3) is 5.91 Å². The molecule has 0 aromatic carbocycles. The van der Waals surface area contributed by atoms with Crippen molar-refractivity contribution in [3.63, 3.8) is 0 Å². The van der Waals surface area contributed by atoms with E-state index in [4.69, 9.17) is 5.21 Å². The second-order valence-electron chi connectivity index (χ2n) is 7.96. The van der Waals surface area contributed by atoms with Gasteiger partial charge in [0.15, 0.2) is 0 Å². The number of nitrogens with one attached hydrogen (secondary N) is 2. The molecule has 1 amide bonds. The van der Waals surface area contributed by atoms with E-state index in [0.29, 0.717) is 23.2 Å². The summed E-state index contributed by atoms with van der Waals surface area (Å²) in [5.74, 6) is 2.36. The predicted molar refractivity (Wildman–Crippen MR) is 85.8 cm³/mol. The molecule has 4 saturated carbocycles. The molecule has 0 unspecified atom stereocenters. The van der Waals surface area contributed by atoms with Gasteiger partial charge in [-0.25, -0.2) is 5.48 Å². The van der Waals surface area contributed by atoms with E-state index < -0.39 is 5.91 Å². The third-order valence-corrected chi connectivity index (χ3v) is 6.19. The van der Waals surface area contributed by atoms with Crippen LogP contribution in [0.5, 0.6) is 0 Å². The van der Waals surface area contributed by atoms with Gasteiger partial charge in [-0.2, -0.15) is 0 Å². The Kier molecular flexibility index (Phi) is 3.85. The first-order valence-corrected chi connectivity index (χ1v) is 8.76. The molecule has 0 atom stereocenters. The van der Waals surface area contributed by atoms with Crippen molar-refractivity contribution in [2.75, 3.05) is 6.54 Å². The van der Waals surface area contributed by atoms with Gasteiger partial charge in [-0.3, -0.25) is 15.0 Å². The van der Waals surface area contributed by atoms with E-state index in [1.54, 1.807) is 23.8 Å². The third kappa shape index (κ3) is 2.88. The maximum absolute atomic E-state index is 11.7. The monoisotopic (exact) mass is 315 g/mol. The van der Waals surface area contributed by atoms with Gasteiger partial charge in [-0.05, 0) is 73.8 Å². The Hall–Kier alpha value is -1.46. The second kappa shape index (κ2) is 5.87. The number of rotatable bonds is 5. The van der Waals surface area contributed by atoms with Crippen LogP contribution in [0.2, 0.25) is 0 Å². The number of amides is 1. The molecule has 5 rings (SSSR count). The summed E-state index contributed by atoms with van der Waals surface area (Å²) >= 11 is 0. The molecule has 5 heteroatoms. The molecule has 0 saturated heterocycles. The summed E-state index contributed by atoms with van der Waals surface area (Å²) in [5, 5.41) is 12.4. The zero-order valence-corrected chi connectivity index (χ0v) is 13.4. The van der Waals surface area contributed by atoms with E-state index in [1.807, 2.05) is 0 Å². The first-order valence-electron chi connectivity index (χ1n) is 8.76. The minimum absolute atomic E-state index is 0.438. The number of carbonyl (C=O) groups excluding carboxylic acids is 1. The zero-order chi connectivity index (χ0) is 15.9. The number of hydrogen-bond acceptors (Lipinski definition) is 4. The van der Waals surface area contributed by atoms with Crippen LogP contribution in [0.4, 0.5) is 0 Å². The van der Waals surface area contributed by atoms with Crippen molar-refractivity contribution >= 4 is 5.91 Å². The van der Waals surface area contributed by atoms with Crippen LogP contribution in [0.25, 0.3) is 0 Å². The highest BCUT2D eigenvalue weighted by Crippen LogP contribution is 2.59. The van der Waals surface area contributed by atoms with E-state index >= 15 is 0 Å². The van der Waals surface area contributed by atoms with E-state index in [1.165, 1.54) is 38.5 Å². The fraction of sp³-hybridized carbons (Fsp3) is 0.667. The normalized spacial score (nSPS) is 34.6. The number of hydrogen-bond donors (Lipinski definition) is 3. The Morgan fingerprint density at radius 1 is 1.22 bits per heavy atom. The minimum atomic E-state index is -0.496. The molecule has 124 valence electrons. The van der Waals surface area contributed by atoms with Gasteiger partial charge in [-0.15, -0.1) is 0 Å². The topological polar surface area (TPSA) is 74.2 Å². The lowest BCUT2D eigenvalue weighted by molar-refractivity contribution is -0.0514. The first-order chi connectivity index (χ1) is 11.2.